The van der Waals surface area contributed by atoms with E-state index in [1.807, 2.05) is 6.07 Å². The fraction of sp³-hybridized carbons (Fsp3) is 0.455. The van der Waals surface area contributed by atoms with E-state index < -0.39 is 15.5 Å². The van der Waals surface area contributed by atoms with Crippen molar-refractivity contribution in [3.8, 4) is 0 Å². The molecular formula is C33H39N4O5S+. The molecule has 0 radical (unpaired) electrons. The van der Waals surface area contributed by atoms with Crippen molar-refractivity contribution >= 4 is 33.1 Å². The molecule has 2 aromatic carbocycles. The Labute approximate surface area is 252 Å². The van der Waals surface area contributed by atoms with Gasteiger partial charge in [-0.05, 0) is 55.7 Å². The van der Waals surface area contributed by atoms with Crippen molar-refractivity contribution in [1.29, 1.82) is 0 Å². The lowest BCUT2D eigenvalue weighted by atomic mass is 9.74. The molecule has 0 saturated heterocycles. The molecular weight excluding hydrogens is 564 g/mol. The first-order valence-corrected chi connectivity index (χ1v) is 16.5. The van der Waals surface area contributed by atoms with Gasteiger partial charge in [0.2, 0.25) is 11.6 Å². The van der Waals surface area contributed by atoms with E-state index in [0.717, 1.165) is 54.0 Å². The highest BCUT2D eigenvalue weighted by Crippen LogP contribution is 2.54. The van der Waals surface area contributed by atoms with Crippen molar-refractivity contribution in [2.45, 2.75) is 74.9 Å². The predicted octanol–water partition coefficient (Wildman–Crippen LogP) is 3.48. The molecule has 2 unspecified atom stereocenters. The molecule has 0 aromatic heterocycles. The third-order valence-corrected chi connectivity index (χ3v) is 10.8. The molecule has 0 fully saturated rings. The van der Waals surface area contributed by atoms with Crippen molar-refractivity contribution in [3.05, 3.63) is 76.0 Å². The Morgan fingerprint density at radius 3 is 2.63 bits per heavy atom. The summed E-state index contributed by atoms with van der Waals surface area (Å²) in [5.41, 5.74) is 14.7. The molecule has 5 heterocycles. The summed E-state index contributed by atoms with van der Waals surface area (Å²) in [6.45, 7) is 11.3. The second kappa shape index (κ2) is 9.59. The van der Waals surface area contributed by atoms with Gasteiger partial charge in [0.05, 0.1) is 28.9 Å². The van der Waals surface area contributed by atoms with Crippen molar-refractivity contribution in [2.24, 2.45) is 5.73 Å². The van der Waals surface area contributed by atoms with Gasteiger partial charge in [-0.3, -0.25) is 9.35 Å². The van der Waals surface area contributed by atoms with Gasteiger partial charge in [0.1, 0.15) is 0 Å². The Bertz CT molecular complexity index is 1790. The highest BCUT2D eigenvalue weighted by molar-refractivity contribution is 7.85. The normalized spacial score (nSPS) is 24.4. The molecule has 9 nitrogen and oxygen atoms in total. The second-order valence-corrected chi connectivity index (χ2v) is 14.7. The van der Waals surface area contributed by atoms with E-state index in [1.54, 1.807) is 6.07 Å². The van der Waals surface area contributed by atoms with Gasteiger partial charge < -0.3 is 20.7 Å². The van der Waals surface area contributed by atoms with E-state index >= 15 is 0 Å². The Morgan fingerprint density at radius 2 is 1.88 bits per heavy atom. The maximum Gasteiger partial charge on any atom is 0.294 e. The van der Waals surface area contributed by atoms with Crippen LogP contribution < -0.4 is 16.0 Å². The first-order valence-electron chi connectivity index (χ1n) is 15.1. The number of hydrogen-bond donors (Lipinski definition) is 3. The average molecular weight is 604 g/mol. The summed E-state index contributed by atoms with van der Waals surface area (Å²) in [5.74, 6) is -0.0276. The van der Waals surface area contributed by atoms with Crippen LogP contribution in [0.2, 0.25) is 0 Å². The first kappa shape index (κ1) is 28.5. The Hall–Kier alpha value is -3.31. The predicted molar refractivity (Wildman–Crippen MR) is 165 cm³/mol. The van der Waals surface area contributed by atoms with E-state index in [4.69, 9.17) is 10.5 Å². The van der Waals surface area contributed by atoms with Crippen LogP contribution in [-0.2, 0) is 36.9 Å². The first-order chi connectivity index (χ1) is 20.3. The highest BCUT2D eigenvalue weighted by atomic mass is 32.2. The van der Waals surface area contributed by atoms with E-state index in [-0.39, 0.29) is 28.4 Å². The van der Waals surface area contributed by atoms with Crippen molar-refractivity contribution in [1.82, 2.24) is 5.32 Å². The highest BCUT2D eigenvalue weighted by Gasteiger charge is 2.54. The number of nitrogens with one attached hydrogen (secondary N) is 1. The molecule has 4 N–H and O–H groups in total. The number of carbonyl (C=O) groups excluding carboxylic acids is 1. The molecule has 2 atom stereocenters. The fourth-order valence-corrected chi connectivity index (χ4v) is 8.56. The monoisotopic (exact) mass is 603 g/mol. The van der Waals surface area contributed by atoms with Crippen LogP contribution in [0.4, 0.5) is 11.4 Å². The molecule has 5 aliphatic heterocycles. The standard InChI is InChI=1S/C33H38N4O5S/c1-32(2)23-15-19(16-29(38)35-12-11-34)5-7-25(23)36-13-9-27-21(30(32)36)18-22-28(42-27)10-14-37-26-8-6-20(43(39,40)41)17-24(26)33(3,4)31(22)37/h5-8,15,17-18,27-28H,9-14,16,34H2,1-4H3,(H-,35,38,39,40,41)/p+1. The molecule has 226 valence electrons. The number of nitrogens with two attached hydrogens (primary N) is 1. The molecule has 1 amide bonds. The summed E-state index contributed by atoms with van der Waals surface area (Å²) in [4.78, 5) is 14.8. The topological polar surface area (TPSA) is 125 Å². The van der Waals surface area contributed by atoms with Gasteiger partial charge in [-0.1, -0.05) is 26.0 Å². The second-order valence-electron chi connectivity index (χ2n) is 13.3. The molecule has 7 rings (SSSR count). The molecule has 0 spiro atoms. The summed E-state index contributed by atoms with van der Waals surface area (Å²) in [6.07, 6.45) is 4.36. The average Bonchev–Trinajstić information content (AvgIpc) is 3.33. The maximum atomic E-state index is 12.4. The van der Waals surface area contributed by atoms with Crippen LogP contribution in [0, 0.1) is 0 Å². The van der Waals surface area contributed by atoms with Crippen LogP contribution >= 0.6 is 0 Å². The number of ether oxygens (including phenoxy) is 1. The molecule has 5 aliphatic rings. The summed E-state index contributed by atoms with van der Waals surface area (Å²) in [6, 6.07) is 11.3. The summed E-state index contributed by atoms with van der Waals surface area (Å²) >= 11 is 0. The SMILES string of the molecule is CC1(C)C2=C3C=C4C5=[N+](CCC4OC3CCN2c2ccc(CC(=O)NCCN)cc21)c1ccc(S(=O)(=O)O)cc1C5(C)C. The van der Waals surface area contributed by atoms with Gasteiger partial charge in [-0.2, -0.15) is 13.0 Å². The number of allylic oxidation sites excluding steroid dienone is 1. The number of rotatable bonds is 5. The number of anilines is 1. The molecule has 0 aliphatic carbocycles. The van der Waals surface area contributed by atoms with Crippen LogP contribution in [0.3, 0.4) is 0 Å². The summed E-state index contributed by atoms with van der Waals surface area (Å²) in [5, 5.41) is 2.87. The van der Waals surface area contributed by atoms with E-state index in [9.17, 15) is 17.8 Å². The van der Waals surface area contributed by atoms with E-state index in [2.05, 4.69) is 66.8 Å². The fourth-order valence-electron chi connectivity index (χ4n) is 8.05. The van der Waals surface area contributed by atoms with Crippen LogP contribution in [-0.4, -0.2) is 67.6 Å². The Balaban J connectivity index is 1.32. The lowest BCUT2D eigenvalue weighted by Crippen LogP contribution is -2.47. The third kappa shape index (κ3) is 4.25. The molecule has 43 heavy (non-hydrogen) atoms. The third-order valence-electron chi connectivity index (χ3n) is 9.92. The Morgan fingerprint density at radius 1 is 1.09 bits per heavy atom. The van der Waals surface area contributed by atoms with Crippen LogP contribution in [0.15, 0.2) is 64.2 Å². The molecule has 0 bridgehead atoms. The zero-order chi connectivity index (χ0) is 30.5. The summed E-state index contributed by atoms with van der Waals surface area (Å²) in [7, 11) is -4.32. The van der Waals surface area contributed by atoms with E-state index in [1.165, 1.54) is 28.6 Å². The number of hydrogen-bond acceptors (Lipinski definition) is 6. The summed E-state index contributed by atoms with van der Waals surface area (Å²) < 4.78 is 42.9. The maximum absolute atomic E-state index is 12.4. The van der Waals surface area contributed by atoms with Crippen LogP contribution in [0.25, 0.3) is 0 Å². The van der Waals surface area contributed by atoms with Gasteiger partial charge in [0, 0.05) is 65.6 Å². The van der Waals surface area contributed by atoms with Crippen LogP contribution in [0.5, 0.6) is 0 Å². The minimum Gasteiger partial charge on any atom is -0.365 e. The van der Waals surface area contributed by atoms with Crippen molar-refractivity contribution < 1.29 is 27.1 Å². The number of amides is 1. The van der Waals surface area contributed by atoms with Crippen LogP contribution in [0.1, 0.15) is 57.2 Å². The quantitative estimate of drug-likeness (QED) is 0.353. The lowest BCUT2D eigenvalue weighted by Gasteiger charge is -2.42. The smallest absolute Gasteiger partial charge is 0.294 e. The Kier molecular flexibility index (Phi) is 6.35. The van der Waals surface area contributed by atoms with Crippen molar-refractivity contribution in [3.63, 3.8) is 0 Å². The van der Waals surface area contributed by atoms with Crippen molar-refractivity contribution in [2.75, 3.05) is 31.1 Å². The van der Waals surface area contributed by atoms with E-state index in [0.29, 0.717) is 19.5 Å². The van der Waals surface area contributed by atoms with Gasteiger partial charge in [-0.15, -0.1) is 0 Å². The minimum atomic E-state index is -4.32. The number of benzene rings is 2. The zero-order valence-electron chi connectivity index (χ0n) is 25.1. The van der Waals surface area contributed by atoms with Gasteiger partial charge in [0.15, 0.2) is 12.3 Å². The van der Waals surface area contributed by atoms with Gasteiger partial charge in [-0.25, -0.2) is 0 Å². The molecule has 10 heteroatoms. The number of fused-ring (bicyclic) bond motifs is 8. The number of nitrogens with zero attached hydrogens (tertiary/aromatic N) is 2. The minimum absolute atomic E-state index is 0.000253. The largest absolute Gasteiger partial charge is 0.365 e. The molecule has 2 aromatic rings. The lowest BCUT2D eigenvalue weighted by molar-refractivity contribution is -0.445. The molecule has 0 saturated carbocycles. The number of carbonyl (C=O) groups is 1. The van der Waals surface area contributed by atoms with Gasteiger partial charge in [0.25, 0.3) is 10.1 Å². The zero-order valence-corrected chi connectivity index (χ0v) is 25.9. The van der Waals surface area contributed by atoms with Gasteiger partial charge >= 0.3 is 0 Å².